The van der Waals surface area contributed by atoms with Gasteiger partial charge in [0.2, 0.25) is 0 Å². The van der Waals surface area contributed by atoms with E-state index in [1.165, 1.54) is 24.0 Å². The Hall–Kier alpha value is -2.77. The van der Waals surface area contributed by atoms with Gasteiger partial charge >= 0.3 is 5.97 Å². The minimum Gasteiger partial charge on any atom is -0.496 e. The summed E-state index contributed by atoms with van der Waals surface area (Å²) in [6, 6.07) is 4.72. The fourth-order valence-electron chi connectivity index (χ4n) is 5.04. The van der Waals surface area contributed by atoms with Crippen LogP contribution in [0.2, 0.25) is 0 Å². The maximum atomic E-state index is 11.9. The number of rotatable bonds is 7. The molecule has 186 valence electrons. The molecule has 2 unspecified atom stereocenters. The first-order valence-corrected chi connectivity index (χ1v) is 13.0. The predicted molar refractivity (Wildman–Crippen MR) is 141 cm³/mol. The van der Waals surface area contributed by atoms with Crippen molar-refractivity contribution in [2.24, 2.45) is 11.8 Å². The van der Waals surface area contributed by atoms with Crippen molar-refractivity contribution in [2.75, 3.05) is 20.3 Å². The van der Waals surface area contributed by atoms with Gasteiger partial charge in [0.05, 0.1) is 13.7 Å². The highest BCUT2D eigenvalue weighted by Gasteiger charge is 2.36. The number of carbonyl (C=O) groups is 1. The van der Waals surface area contributed by atoms with Crippen molar-refractivity contribution in [1.82, 2.24) is 5.32 Å². The molecule has 1 saturated carbocycles. The number of carbonyl (C=O) groups excluding carboxylic acids is 1. The van der Waals surface area contributed by atoms with Gasteiger partial charge in [0.1, 0.15) is 5.75 Å². The van der Waals surface area contributed by atoms with Gasteiger partial charge in [-0.15, -0.1) is 0 Å². The number of esters is 1. The van der Waals surface area contributed by atoms with Crippen LogP contribution in [-0.4, -0.2) is 26.2 Å². The number of nitrogens with one attached hydrogen (secondary N) is 1. The first kappa shape index (κ1) is 25.3. The Labute approximate surface area is 210 Å². The molecule has 1 N–H and O–H groups in total. The van der Waals surface area contributed by atoms with Crippen LogP contribution >= 0.6 is 0 Å². The molecule has 0 aliphatic heterocycles. The van der Waals surface area contributed by atoms with Crippen LogP contribution in [0, 0.1) is 23.7 Å². The predicted octanol–water partition coefficient (Wildman–Crippen LogP) is 6.17. The minimum absolute atomic E-state index is 0.0956. The van der Waals surface area contributed by atoms with Crippen molar-refractivity contribution >= 4 is 5.97 Å². The summed E-state index contributed by atoms with van der Waals surface area (Å²) in [4.78, 5) is 11.9. The average molecular weight is 474 g/mol. The van der Waals surface area contributed by atoms with Gasteiger partial charge in [0, 0.05) is 28.3 Å². The number of allylic oxidation sites excluding steroid dienone is 5. The summed E-state index contributed by atoms with van der Waals surface area (Å²) < 4.78 is 11.0. The molecule has 0 bridgehead atoms. The lowest BCUT2D eigenvalue weighted by Crippen LogP contribution is -2.34. The summed E-state index contributed by atoms with van der Waals surface area (Å²) in [5.41, 5.74) is 5.41. The first-order valence-electron chi connectivity index (χ1n) is 13.0. The quantitative estimate of drug-likeness (QED) is 0.292. The molecule has 3 aliphatic carbocycles. The molecule has 1 aromatic rings. The van der Waals surface area contributed by atoms with Gasteiger partial charge in [-0.2, -0.15) is 0 Å². The summed E-state index contributed by atoms with van der Waals surface area (Å²) in [6.45, 7) is 9.79. The smallest absolute Gasteiger partial charge is 0.333 e. The van der Waals surface area contributed by atoms with Gasteiger partial charge in [-0.05, 0) is 87.4 Å². The van der Waals surface area contributed by atoms with Crippen molar-refractivity contribution in [3.8, 4) is 17.6 Å². The molecule has 0 saturated heterocycles. The number of methoxy groups -OCH3 is 1. The number of fused-ring (bicyclic) bond motifs is 1. The summed E-state index contributed by atoms with van der Waals surface area (Å²) in [7, 11) is 1.77. The van der Waals surface area contributed by atoms with Crippen molar-refractivity contribution < 1.29 is 14.3 Å². The number of hydrogen-bond donors (Lipinski definition) is 1. The zero-order chi connectivity index (χ0) is 25.0. The molecule has 0 heterocycles. The van der Waals surface area contributed by atoms with Crippen LogP contribution in [0.1, 0.15) is 82.5 Å². The second-order valence-corrected chi connectivity index (χ2v) is 10.7. The van der Waals surface area contributed by atoms with E-state index in [0.29, 0.717) is 18.2 Å². The molecule has 0 radical (unpaired) electrons. The van der Waals surface area contributed by atoms with Crippen molar-refractivity contribution in [3.05, 3.63) is 64.3 Å². The van der Waals surface area contributed by atoms with E-state index in [-0.39, 0.29) is 17.3 Å². The maximum Gasteiger partial charge on any atom is 0.333 e. The third-order valence-corrected chi connectivity index (χ3v) is 7.39. The highest BCUT2D eigenvalue weighted by Crippen LogP contribution is 2.46. The van der Waals surface area contributed by atoms with E-state index >= 15 is 0 Å². The van der Waals surface area contributed by atoms with Gasteiger partial charge in [-0.1, -0.05) is 50.0 Å². The molecule has 3 aliphatic rings. The second kappa shape index (κ2) is 10.9. The number of ether oxygens (including phenoxy) is 2. The third-order valence-electron chi connectivity index (χ3n) is 7.39. The van der Waals surface area contributed by atoms with E-state index in [4.69, 9.17) is 9.47 Å². The van der Waals surface area contributed by atoms with Gasteiger partial charge in [-0.25, -0.2) is 4.79 Å². The van der Waals surface area contributed by atoms with Crippen LogP contribution < -0.4 is 10.1 Å². The molecule has 0 spiro atoms. The third kappa shape index (κ3) is 6.27. The molecule has 1 fully saturated rings. The summed E-state index contributed by atoms with van der Waals surface area (Å²) in [5.74, 6) is 8.47. The largest absolute Gasteiger partial charge is 0.496 e. The van der Waals surface area contributed by atoms with E-state index in [1.54, 1.807) is 7.11 Å². The fraction of sp³-hybridized carbons (Fsp3) is 0.516. The van der Waals surface area contributed by atoms with Crippen LogP contribution in [0.3, 0.4) is 0 Å². The van der Waals surface area contributed by atoms with Crippen molar-refractivity contribution in [2.45, 2.75) is 71.3 Å². The van der Waals surface area contributed by atoms with Crippen LogP contribution in [0.25, 0.3) is 0 Å². The molecule has 4 nitrogen and oxygen atoms in total. The second-order valence-electron chi connectivity index (χ2n) is 10.7. The molecule has 0 aromatic heterocycles. The first-order chi connectivity index (χ1) is 16.8. The van der Waals surface area contributed by atoms with Gasteiger partial charge < -0.3 is 14.8 Å². The molecular formula is C31H39NO3. The van der Waals surface area contributed by atoms with Gasteiger partial charge in [0.25, 0.3) is 0 Å². The zero-order valence-corrected chi connectivity index (χ0v) is 21.9. The number of hydrogen-bond acceptors (Lipinski definition) is 4. The monoisotopic (exact) mass is 473 g/mol. The van der Waals surface area contributed by atoms with Gasteiger partial charge in [-0.3, -0.25) is 0 Å². The Balaban J connectivity index is 1.52. The highest BCUT2D eigenvalue weighted by atomic mass is 16.5. The molecule has 4 rings (SSSR count). The molecule has 0 amide bonds. The lowest BCUT2D eigenvalue weighted by Gasteiger charge is -2.38. The zero-order valence-electron chi connectivity index (χ0n) is 21.9. The van der Waals surface area contributed by atoms with Gasteiger partial charge in [0.15, 0.2) is 0 Å². The van der Waals surface area contributed by atoms with Crippen LogP contribution in [-0.2, 0) is 14.9 Å². The fourth-order valence-corrected chi connectivity index (χ4v) is 5.04. The molecular weight excluding hydrogens is 434 g/mol. The summed E-state index contributed by atoms with van der Waals surface area (Å²) >= 11 is 0. The maximum absolute atomic E-state index is 11.9. The van der Waals surface area contributed by atoms with E-state index in [1.807, 2.05) is 26.0 Å². The van der Waals surface area contributed by atoms with E-state index in [2.05, 4.69) is 55.3 Å². The Morgan fingerprint density at radius 1 is 1.23 bits per heavy atom. The molecule has 35 heavy (non-hydrogen) atoms. The minimum atomic E-state index is -0.246. The molecule has 2 atom stereocenters. The number of benzene rings is 1. The van der Waals surface area contributed by atoms with Crippen molar-refractivity contribution in [3.63, 3.8) is 0 Å². The van der Waals surface area contributed by atoms with E-state index in [9.17, 15) is 4.79 Å². The topological polar surface area (TPSA) is 47.6 Å². The molecule has 1 aromatic carbocycles. The Kier molecular flexibility index (Phi) is 7.87. The van der Waals surface area contributed by atoms with E-state index in [0.717, 1.165) is 48.6 Å². The SMILES string of the molecule is CCOC(=O)/C(C)=C/C1C=CC(C#Cc2cc(OC)c3c(c2)C(C)(C)CCC3NCC2CC2)=CC1. The van der Waals surface area contributed by atoms with Crippen LogP contribution in [0.15, 0.2) is 47.6 Å². The van der Waals surface area contributed by atoms with Crippen molar-refractivity contribution in [1.29, 1.82) is 0 Å². The van der Waals surface area contributed by atoms with Crippen LogP contribution in [0.4, 0.5) is 0 Å². The standard InChI is InChI=1S/C31H39NO3/c1-6-35-30(33)21(2)17-23-10-7-22(8-11-23)9-14-25-18-26-29(28(19-25)34-5)27(15-16-31(26,3)4)32-20-24-12-13-24/h7-8,10,17-19,23-24,27,32H,6,11-13,15-16,20H2,1-5H3/b21-17+. The lowest BCUT2D eigenvalue weighted by molar-refractivity contribution is -0.138. The highest BCUT2D eigenvalue weighted by molar-refractivity contribution is 5.87. The Morgan fingerprint density at radius 2 is 2.03 bits per heavy atom. The molecule has 4 heteroatoms. The Morgan fingerprint density at radius 3 is 2.69 bits per heavy atom. The Bertz CT molecular complexity index is 1110. The lowest BCUT2D eigenvalue weighted by atomic mass is 9.70. The summed E-state index contributed by atoms with van der Waals surface area (Å²) in [5, 5.41) is 3.82. The normalized spacial score (nSPS) is 23.0. The average Bonchev–Trinajstić information content (AvgIpc) is 3.67. The van der Waals surface area contributed by atoms with E-state index < -0.39 is 0 Å². The summed E-state index contributed by atoms with van der Waals surface area (Å²) in [6.07, 6.45) is 14.1. The van der Waals surface area contributed by atoms with Crippen LogP contribution in [0.5, 0.6) is 5.75 Å².